The summed E-state index contributed by atoms with van der Waals surface area (Å²) in [4.78, 5) is 14.6. The SMILES string of the molecule is CN(CC(=O)N[C@@H]1CCCc2ccccc21)Cc1cnn(Cc2ccccc2)c1. The van der Waals surface area contributed by atoms with Crippen LogP contribution in [-0.2, 0) is 24.3 Å². The van der Waals surface area contributed by atoms with Gasteiger partial charge in [-0.3, -0.25) is 14.4 Å². The van der Waals surface area contributed by atoms with Crippen molar-refractivity contribution in [3.05, 3.63) is 89.2 Å². The number of likely N-dealkylation sites (N-methyl/N-ethyl adjacent to an activating group) is 1. The van der Waals surface area contributed by atoms with E-state index in [9.17, 15) is 4.79 Å². The lowest BCUT2D eigenvalue weighted by Crippen LogP contribution is -2.38. The summed E-state index contributed by atoms with van der Waals surface area (Å²) in [6, 6.07) is 18.9. The molecule has 5 heteroatoms. The van der Waals surface area contributed by atoms with E-state index < -0.39 is 0 Å². The molecule has 0 aliphatic heterocycles. The lowest BCUT2D eigenvalue weighted by molar-refractivity contribution is -0.122. The van der Waals surface area contributed by atoms with Gasteiger partial charge in [0.05, 0.1) is 25.3 Å². The van der Waals surface area contributed by atoms with Gasteiger partial charge in [-0.1, -0.05) is 54.6 Å². The molecule has 3 aromatic rings. The van der Waals surface area contributed by atoms with Crippen molar-refractivity contribution in [2.24, 2.45) is 0 Å². The minimum Gasteiger partial charge on any atom is -0.348 e. The molecule has 1 heterocycles. The van der Waals surface area contributed by atoms with Crippen molar-refractivity contribution in [3.8, 4) is 0 Å². The Morgan fingerprint density at radius 3 is 2.79 bits per heavy atom. The second-order valence-corrected chi connectivity index (χ2v) is 7.92. The van der Waals surface area contributed by atoms with Gasteiger partial charge in [-0.2, -0.15) is 5.10 Å². The van der Waals surface area contributed by atoms with Gasteiger partial charge in [-0.25, -0.2) is 0 Å². The molecule has 4 rings (SSSR count). The summed E-state index contributed by atoms with van der Waals surface area (Å²) < 4.78 is 1.94. The Morgan fingerprint density at radius 2 is 1.93 bits per heavy atom. The van der Waals surface area contributed by atoms with E-state index >= 15 is 0 Å². The van der Waals surface area contributed by atoms with E-state index in [1.807, 2.05) is 41.0 Å². The van der Waals surface area contributed by atoms with Crippen LogP contribution in [0.4, 0.5) is 0 Å². The largest absolute Gasteiger partial charge is 0.348 e. The Morgan fingerprint density at radius 1 is 1.14 bits per heavy atom. The van der Waals surface area contributed by atoms with Crippen molar-refractivity contribution in [2.45, 2.75) is 38.4 Å². The summed E-state index contributed by atoms with van der Waals surface area (Å²) in [5.74, 6) is 0.0749. The first-order chi connectivity index (χ1) is 14.2. The van der Waals surface area contributed by atoms with Crippen molar-refractivity contribution in [2.75, 3.05) is 13.6 Å². The summed E-state index contributed by atoms with van der Waals surface area (Å²) in [7, 11) is 1.98. The van der Waals surface area contributed by atoms with Gasteiger partial charge in [0.1, 0.15) is 0 Å². The number of carbonyl (C=O) groups is 1. The molecule has 0 spiro atoms. The fourth-order valence-corrected chi connectivity index (χ4v) is 4.10. The highest BCUT2D eigenvalue weighted by Crippen LogP contribution is 2.29. The molecule has 5 nitrogen and oxygen atoms in total. The molecular formula is C24H28N4O. The number of nitrogens with zero attached hydrogens (tertiary/aromatic N) is 3. The van der Waals surface area contributed by atoms with Crippen molar-refractivity contribution >= 4 is 5.91 Å². The summed E-state index contributed by atoms with van der Waals surface area (Å²) in [6.07, 6.45) is 7.18. The smallest absolute Gasteiger partial charge is 0.234 e. The second kappa shape index (κ2) is 9.05. The minimum atomic E-state index is 0.0749. The summed E-state index contributed by atoms with van der Waals surface area (Å²) in [6.45, 7) is 1.83. The van der Waals surface area contributed by atoms with Crippen LogP contribution in [0, 0.1) is 0 Å². The molecule has 0 bridgehead atoms. The number of carbonyl (C=O) groups excluding carboxylic acids is 1. The maximum absolute atomic E-state index is 12.6. The van der Waals surface area contributed by atoms with Crippen LogP contribution < -0.4 is 5.32 Å². The molecule has 1 amide bonds. The normalized spacial score (nSPS) is 15.9. The molecule has 0 radical (unpaired) electrons. The lowest BCUT2D eigenvalue weighted by Gasteiger charge is -2.27. The Balaban J connectivity index is 1.29. The van der Waals surface area contributed by atoms with Gasteiger partial charge in [-0.15, -0.1) is 0 Å². The maximum atomic E-state index is 12.6. The molecule has 0 saturated heterocycles. The first-order valence-corrected chi connectivity index (χ1v) is 10.3. The molecule has 1 aromatic heterocycles. The number of aryl methyl sites for hydroxylation is 1. The van der Waals surface area contributed by atoms with E-state index in [1.165, 1.54) is 16.7 Å². The zero-order valence-corrected chi connectivity index (χ0v) is 16.9. The van der Waals surface area contributed by atoms with E-state index in [0.29, 0.717) is 13.1 Å². The quantitative estimate of drug-likeness (QED) is 0.673. The van der Waals surface area contributed by atoms with Gasteiger partial charge < -0.3 is 5.32 Å². The third-order valence-corrected chi connectivity index (χ3v) is 5.44. The van der Waals surface area contributed by atoms with Crippen LogP contribution in [-0.4, -0.2) is 34.2 Å². The van der Waals surface area contributed by atoms with Gasteiger partial charge in [0, 0.05) is 18.3 Å². The molecule has 1 aliphatic rings. The van der Waals surface area contributed by atoms with E-state index in [1.54, 1.807) is 0 Å². The Bertz CT molecular complexity index is 950. The zero-order valence-electron chi connectivity index (χ0n) is 16.9. The monoisotopic (exact) mass is 388 g/mol. The molecule has 0 unspecified atom stereocenters. The highest BCUT2D eigenvalue weighted by atomic mass is 16.2. The van der Waals surface area contributed by atoms with Crippen LogP contribution >= 0.6 is 0 Å². The number of hydrogen-bond acceptors (Lipinski definition) is 3. The average molecular weight is 389 g/mol. The highest BCUT2D eigenvalue weighted by molar-refractivity contribution is 5.78. The number of benzene rings is 2. The van der Waals surface area contributed by atoms with Crippen molar-refractivity contribution in [3.63, 3.8) is 0 Å². The Hall–Kier alpha value is -2.92. The molecule has 150 valence electrons. The van der Waals surface area contributed by atoms with Crippen LogP contribution in [0.2, 0.25) is 0 Å². The van der Waals surface area contributed by atoms with Crippen molar-refractivity contribution in [1.82, 2.24) is 20.0 Å². The van der Waals surface area contributed by atoms with Gasteiger partial charge in [0.2, 0.25) is 5.91 Å². The highest BCUT2D eigenvalue weighted by Gasteiger charge is 2.21. The molecule has 1 atom stereocenters. The molecule has 0 saturated carbocycles. The van der Waals surface area contributed by atoms with Gasteiger partial charge in [-0.05, 0) is 43.0 Å². The van der Waals surface area contributed by atoms with Crippen LogP contribution in [0.15, 0.2) is 67.0 Å². The lowest BCUT2D eigenvalue weighted by atomic mass is 9.88. The van der Waals surface area contributed by atoms with Crippen LogP contribution in [0.3, 0.4) is 0 Å². The summed E-state index contributed by atoms with van der Waals surface area (Å²) in [5.41, 5.74) is 4.97. The average Bonchev–Trinajstić information content (AvgIpc) is 3.15. The van der Waals surface area contributed by atoms with Crippen molar-refractivity contribution < 1.29 is 4.79 Å². The van der Waals surface area contributed by atoms with Crippen LogP contribution in [0.1, 0.15) is 41.1 Å². The number of nitrogens with one attached hydrogen (secondary N) is 1. The number of aromatic nitrogens is 2. The predicted octanol–water partition coefficient (Wildman–Crippen LogP) is 3.56. The van der Waals surface area contributed by atoms with Crippen molar-refractivity contribution in [1.29, 1.82) is 0 Å². The molecular weight excluding hydrogens is 360 g/mol. The third kappa shape index (κ3) is 5.12. The standard InChI is InChI=1S/C24H28N4O/c1-27(15-20-14-25-28(17-20)16-19-8-3-2-4-9-19)18-24(29)26-23-13-7-11-21-10-5-6-12-22(21)23/h2-6,8-10,12,14,17,23H,7,11,13,15-16,18H2,1H3,(H,26,29)/t23-/m1/s1. The van der Waals surface area contributed by atoms with E-state index in [2.05, 4.69) is 53.0 Å². The topological polar surface area (TPSA) is 50.2 Å². The molecule has 0 fully saturated rings. The number of amides is 1. The van der Waals surface area contributed by atoms with Gasteiger partial charge in [0.25, 0.3) is 0 Å². The fourth-order valence-electron chi connectivity index (χ4n) is 4.10. The van der Waals surface area contributed by atoms with Crippen LogP contribution in [0.5, 0.6) is 0 Å². The van der Waals surface area contributed by atoms with Gasteiger partial charge in [0.15, 0.2) is 0 Å². The molecule has 1 aliphatic carbocycles. The molecule has 29 heavy (non-hydrogen) atoms. The number of hydrogen-bond donors (Lipinski definition) is 1. The van der Waals surface area contributed by atoms with Gasteiger partial charge >= 0.3 is 0 Å². The number of fused-ring (bicyclic) bond motifs is 1. The van der Waals surface area contributed by atoms with Crippen LogP contribution in [0.25, 0.3) is 0 Å². The van der Waals surface area contributed by atoms with E-state index in [4.69, 9.17) is 0 Å². The zero-order chi connectivity index (χ0) is 20.1. The van der Waals surface area contributed by atoms with E-state index in [-0.39, 0.29) is 11.9 Å². The first-order valence-electron chi connectivity index (χ1n) is 10.3. The first kappa shape index (κ1) is 19.4. The fraction of sp³-hybridized carbons (Fsp3) is 0.333. The minimum absolute atomic E-state index is 0.0749. The maximum Gasteiger partial charge on any atom is 0.234 e. The molecule has 2 aromatic carbocycles. The Kier molecular flexibility index (Phi) is 6.06. The van der Waals surface area contributed by atoms with E-state index in [0.717, 1.165) is 31.4 Å². The Labute approximate surface area is 172 Å². The molecule has 1 N–H and O–H groups in total. The third-order valence-electron chi connectivity index (χ3n) is 5.44. The summed E-state index contributed by atoms with van der Waals surface area (Å²) in [5, 5.41) is 7.68. The predicted molar refractivity (Wildman–Crippen MR) is 114 cm³/mol. The number of rotatable bonds is 7. The second-order valence-electron chi connectivity index (χ2n) is 7.92. The summed E-state index contributed by atoms with van der Waals surface area (Å²) >= 11 is 0.